The molecule has 2 aliphatic rings. The van der Waals surface area contributed by atoms with Gasteiger partial charge in [-0.05, 0) is 36.2 Å². The highest BCUT2D eigenvalue weighted by atomic mass is 35.5. The van der Waals surface area contributed by atoms with E-state index in [1.165, 1.54) is 11.0 Å². The first-order valence-electron chi connectivity index (χ1n) is 9.40. The minimum absolute atomic E-state index is 0.0185. The predicted molar refractivity (Wildman–Crippen MR) is 114 cm³/mol. The van der Waals surface area contributed by atoms with Gasteiger partial charge in [-0.2, -0.15) is 0 Å². The van der Waals surface area contributed by atoms with Gasteiger partial charge in [0.15, 0.2) is 11.6 Å². The second kappa shape index (κ2) is 7.77. The third-order valence-corrected chi connectivity index (χ3v) is 6.11. The average molecular weight is 448 g/mol. The summed E-state index contributed by atoms with van der Waals surface area (Å²) in [5, 5.41) is 24.7. The van der Waals surface area contributed by atoms with Gasteiger partial charge in [-0.3, -0.25) is 20.3 Å². The molecule has 0 amide bonds. The standard InChI is InChI=1S/C20H19Cl2N5O3/c1-25-8-2-4-14(25)18(28)16-15(12-6-5-11(21)10-13(12)22)17(27(29)30)20-24-7-3-9-26(20)19(16)23/h2,4-6,8,10,15-16,23-24H,3,7,9H2,1H3. The van der Waals surface area contributed by atoms with E-state index < -0.39 is 16.8 Å². The fourth-order valence-electron chi connectivity index (χ4n) is 4.18. The van der Waals surface area contributed by atoms with Crippen LogP contribution in [0, 0.1) is 21.4 Å². The molecule has 156 valence electrons. The molecule has 30 heavy (non-hydrogen) atoms. The molecule has 0 radical (unpaired) electrons. The normalized spacial score (nSPS) is 21.3. The average Bonchev–Trinajstić information content (AvgIpc) is 3.13. The summed E-state index contributed by atoms with van der Waals surface area (Å²) in [4.78, 5) is 26.9. The molecule has 8 nitrogen and oxygen atoms in total. The molecule has 1 aromatic heterocycles. The van der Waals surface area contributed by atoms with E-state index in [1.807, 2.05) is 0 Å². The molecule has 10 heteroatoms. The van der Waals surface area contributed by atoms with Gasteiger partial charge in [0.25, 0.3) is 5.70 Å². The Morgan fingerprint density at radius 3 is 2.73 bits per heavy atom. The van der Waals surface area contributed by atoms with Crippen LogP contribution in [0.4, 0.5) is 0 Å². The number of rotatable bonds is 4. The molecule has 2 aliphatic heterocycles. The Hall–Kier alpha value is -2.84. The minimum atomic E-state index is -1.10. The number of ketones is 1. The van der Waals surface area contributed by atoms with Crippen LogP contribution in [0.1, 0.15) is 28.4 Å². The summed E-state index contributed by atoms with van der Waals surface area (Å²) in [7, 11) is 1.72. The highest BCUT2D eigenvalue weighted by molar-refractivity contribution is 6.35. The molecule has 2 N–H and O–H groups in total. The Kier molecular flexibility index (Phi) is 5.29. The number of nitrogens with one attached hydrogen (secondary N) is 2. The summed E-state index contributed by atoms with van der Waals surface area (Å²) < 4.78 is 1.65. The summed E-state index contributed by atoms with van der Waals surface area (Å²) in [5.74, 6) is -2.22. The van der Waals surface area contributed by atoms with Crippen LogP contribution in [0.15, 0.2) is 48.0 Å². The van der Waals surface area contributed by atoms with Crippen LogP contribution in [-0.4, -0.2) is 39.1 Å². The Balaban J connectivity index is 1.97. The molecule has 2 atom stereocenters. The van der Waals surface area contributed by atoms with Crippen molar-refractivity contribution in [3.05, 3.63) is 79.5 Å². The number of carbonyl (C=O) groups is 1. The monoisotopic (exact) mass is 447 g/mol. The number of hydrogen-bond acceptors (Lipinski definition) is 5. The van der Waals surface area contributed by atoms with Crippen LogP contribution in [0.5, 0.6) is 0 Å². The molecule has 0 saturated carbocycles. The topological polar surface area (TPSA) is 104 Å². The molecule has 4 rings (SSSR count). The number of Topliss-reactive ketones (excluding diaryl/α,β-unsaturated/α-hetero) is 1. The quantitative estimate of drug-likeness (QED) is 0.422. The van der Waals surface area contributed by atoms with Crippen LogP contribution in [0.25, 0.3) is 0 Å². The summed E-state index contributed by atoms with van der Waals surface area (Å²) >= 11 is 12.5. The molecule has 1 saturated heterocycles. The molecule has 0 bridgehead atoms. The Morgan fingerprint density at radius 1 is 1.33 bits per heavy atom. The maximum absolute atomic E-state index is 13.6. The zero-order chi connectivity index (χ0) is 21.6. The van der Waals surface area contributed by atoms with Crippen molar-refractivity contribution in [2.24, 2.45) is 13.0 Å². The number of halogens is 2. The minimum Gasteiger partial charge on any atom is -0.366 e. The lowest BCUT2D eigenvalue weighted by molar-refractivity contribution is -0.434. The third kappa shape index (κ3) is 3.26. The molecule has 3 heterocycles. The number of nitro groups is 1. The van der Waals surface area contributed by atoms with Gasteiger partial charge in [-0.15, -0.1) is 0 Å². The smallest absolute Gasteiger partial charge is 0.294 e. The highest BCUT2D eigenvalue weighted by Gasteiger charge is 2.51. The zero-order valence-electron chi connectivity index (χ0n) is 16.1. The van der Waals surface area contributed by atoms with E-state index in [2.05, 4.69) is 5.32 Å². The van der Waals surface area contributed by atoms with Crippen LogP contribution < -0.4 is 5.32 Å². The number of benzene rings is 1. The van der Waals surface area contributed by atoms with Gasteiger partial charge in [0, 0.05) is 36.4 Å². The second-order valence-electron chi connectivity index (χ2n) is 7.30. The number of fused-ring (bicyclic) bond motifs is 1. The maximum Gasteiger partial charge on any atom is 0.294 e. The number of amidine groups is 1. The Bertz CT molecular complexity index is 1090. The number of aromatic nitrogens is 1. The number of aryl methyl sites for hydroxylation is 1. The molecule has 1 aromatic carbocycles. The molecular formula is C20H19Cl2N5O3. The van der Waals surface area contributed by atoms with Crippen molar-refractivity contribution in [1.29, 1.82) is 5.41 Å². The van der Waals surface area contributed by atoms with E-state index in [0.29, 0.717) is 35.8 Å². The molecular weight excluding hydrogens is 429 g/mol. The fourth-order valence-corrected chi connectivity index (χ4v) is 4.71. The number of nitrogens with zero attached hydrogens (tertiary/aromatic N) is 3. The van der Waals surface area contributed by atoms with Gasteiger partial charge in [-0.25, -0.2) is 0 Å². The van der Waals surface area contributed by atoms with Gasteiger partial charge in [0.2, 0.25) is 0 Å². The lowest BCUT2D eigenvalue weighted by Crippen LogP contribution is -2.54. The first kappa shape index (κ1) is 20.4. The number of allylic oxidation sites excluding steroid dienone is 1. The Morgan fingerprint density at radius 2 is 2.10 bits per heavy atom. The van der Waals surface area contributed by atoms with E-state index >= 15 is 0 Å². The van der Waals surface area contributed by atoms with Crippen molar-refractivity contribution >= 4 is 34.8 Å². The summed E-state index contributed by atoms with van der Waals surface area (Å²) in [6.07, 6.45) is 2.43. The first-order valence-corrected chi connectivity index (χ1v) is 10.2. The van der Waals surface area contributed by atoms with Crippen LogP contribution in [0.2, 0.25) is 10.0 Å². The molecule has 1 fully saturated rings. The molecule has 2 unspecified atom stereocenters. The molecule has 0 aliphatic carbocycles. The Labute approximate surface area is 182 Å². The van der Waals surface area contributed by atoms with Crippen molar-refractivity contribution in [3.8, 4) is 0 Å². The van der Waals surface area contributed by atoms with Gasteiger partial charge >= 0.3 is 0 Å². The van der Waals surface area contributed by atoms with E-state index in [9.17, 15) is 14.9 Å². The third-order valence-electron chi connectivity index (χ3n) is 5.55. The van der Waals surface area contributed by atoms with Crippen LogP contribution in [0.3, 0.4) is 0 Å². The SMILES string of the molecule is Cn1cccc1C(=O)C1C(=N)N2CCCNC2=C([N+](=O)[O-])C1c1ccc(Cl)cc1Cl. The van der Waals surface area contributed by atoms with Crippen molar-refractivity contribution in [1.82, 2.24) is 14.8 Å². The summed E-state index contributed by atoms with van der Waals surface area (Å²) in [6.45, 7) is 0.977. The van der Waals surface area contributed by atoms with E-state index in [1.54, 1.807) is 42.1 Å². The van der Waals surface area contributed by atoms with E-state index in [4.69, 9.17) is 28.6 Å². The van der Waals surface area contributed by atoms with E-state index in [-0.39, 0.29) is 28.2 Å². The predicted octanol–water partition coefficient (Wildman–Crippen LogP) is 3.65. The largest absolute Gasteiger partial charge is 0.366 e. The molecule has 2 aromatic rings. The maximum atomic E-state index is 13.6. The van der Waals surface area contributed by atoms with Gasteiger partial charge in [0.1, 0.15) is 5.84 Å². The highest BCUT2D eigenvalue weighted by Crippen LogP contribution is 2.44. The van der Waals surface area contributed by atoms with Crippen molar-refractivity contribution in [2.45, 2.75) is 12.3 Å². The van der Waals surface area contributed by atoms with Gasteiger partial charge in [0.05, 0.1) is 22.5 Å². The van der Waals surface area contributed by atoms with E-state index in [0.717, 1.165) is 0 Å². The van der Waals surface area contributed by atoms with Gasteiger partial charge < -0.3 is 14.8 Å². The summed E-state index contributed by atoms with van der Waals surface area (Å²) in [5.41, 5.74) is 0.600. The zero-order valence-corrected chi connectivity index (χ0v) is 17.6. The van der Waals surface area contributed by atoms with Crippen molar-refractivity contribution in [2.75, 3.05) is 13.1 Å². The number of carbonyl (C=O) groups excluding carboxylic acids is 1. The second-order valence-corrected chi connectivity index (χ2v) is 8.14. The van der Waals surface area contributed by atoms with Crippen LogP contribution >= 0.6 is 23.2 Å². The number of hydrogen-bond donors (Lipinski definition) is 2. The van der Waals surface area contributed by atoms with Gasteiger partial charge in [-0.1, -0.05) is 29.3 Å². The lowest BCUT2D eigenvalue weighted by Gasteiger charge is -2.41. The van der Waals surface area contributed by atoms with Crippen molar-refractivity contribution in [3.63, 3.8) is 0 Å². The first-order chi connectivity index (χ1) is 14.3. The lowest BCUT2D eigenvalue weighted by atomic mass is 9.76. The summed E-state index contributed by atoms with van der Waals surface area (Å²) in [6, 6.07) is 8.04. The van der Waals surface area contributed by atoms with Crippen LogP contribution in [-0.2, 0) is 7.05 Å². The molecule has 0 spiro atoms. The fraction of sp³-hybridized carbons (Fsp3) is 0.300. The van der Waals surface area contributed by atoms with Crippen molar-refractivity contribution < 1.29 is 9.72 Å².